The number of phenolic OH excluding ortho intramolecular Hbond substituents is 2. The molecule has 1 atom stereocenters. The number of aromatic hydroxyl groups is 2. The molecule has 0 saturated carbocycles. The Hall–Kier alpha value is -1.61. The fraction of sp³-hybridized carbons (Fsp3) is 0.552. The van der Waals surface area contributed by atoms with Gasteiger partial charge in [-0.1, -0.05) is 38.0 Å². The third-order valence-corrected chi connectivity index (χ3v) is 7.05. The van der Waals surface area contributed by atoms with Crippen LogP contribution in [-0.4, -0.2) is 60.2 Å². The summed E-state index contributed by atoms with van der Waals surface area (Å²) >= 11 is 0. The van der Waals surface area contributed by atoms with Crippen LogP contribution in [-0.2, 0) is 12.8 Å². The second-order valence-corrected chi connectivity index (χ2v) is 9.54. The number of hydrogen-bond acceptors (Lipinski definition) is 6. The molecule has 0 saturated heterocycles. The van der Waals surface area contributed by atoms with Gasteiger partial charge in [-0.3, -0.25) is 4.79 Å². The molecule has 0 fully saturated rings. The number of benzene rings is 2. The molecule has 0 heterocycles. The topological polar surface area (TPSA) is 82.0 Å². The Morgan fingerprint density at radius 2 is 1.78 bits per heavy atom. The van der Waals surface area contributed by atoms with E-state index < -0.39 is 0 Å². The lowest BCUT2D eigenvalue weighted by Gasteiger charge is -2.35. The summed E-state index contributed by atoms with van der Waals surface area (Å²) in [5.74, 6) is 0.818. The van der Waals surface area contributed by atoms with Crippen LogP contribution in [0.2, 0.25) is 0 Å². The molecule has 0 amide bonds. The Morgan fingerprint density at radius 3 is 2.54 bits per heavy atom. The first-order chi connectivity index (χ1) is 17.0. The van der Waals surface area contributed by atoms with E-state index in [2.05, 4.69) is 17.1 Å². The van der Waals surface area contributed by atoms with Crippen molar-refractivity contribution in [3.8, 4) is 17.2 Å². The molecule has 1 unspecified atom stereocenters. The van der Waals surface area contributed by atoms with Crippen LogP contribution in [0.5, 0.6) is 17.2 Å². The number of rotatable bonds is 15. The van der Waals surface area contributed by atoms with Crippen LogP contribution in [0.1, 0.15) is 73.4 Å². The third kappa shape index (κ3) is 9.89. The van der Waals surface area contributed by atoms with Gasteiger partial charge in [-0.05, 0) is 81.9 Å². The minimum atomic E-state index is -0.00914. The maximum absolute atomic E-state index is 12.4. The number of halogens is 2. The number of Topliss-reactive ketones (excluding diaryl/α,β-unsaturated/α-hetero) is 1. The van der Waals surface area contributed by atoms with Crippen molar-refractivity contribution in [3.05, 3.63) is 53.1 Å². The smallest absolute Gasteiger partial charge is 0.167 e. The molecule has 37 heavy (non-hydrogen) atoms. The molecule has 8 heteroatoms. The lowest BCUT2D eigenvalue weighted by atomic mass is 9.86. The molecule has 0 aromatic heterocycles. The minimum Gasteiger partial charge on any atom is -0.504 e. The average Bonchev–Trinajstić information content (AvgIpc) is 2.88. The van der Waals surface area contributed by atoms with Gasteiger partial charge in [0.25, 0.3) is 0 Å². The van der Waals surface area contributed by atoms with Crippen LogP contribution < -0.4 is 10.1 Å². The Balaban J connectivity index is 0.00000342. The lowest BCUT2D eigenvalue weighted by Crippen LogP contribution is -2.40. The summed E-state index contributed by atoms with van der Waals surface area (Å²) in [5.41, 5.74) is 2.76. The molecule has 0 bridgehead atoms. The summed E-state index contributed by atoms with van der Waals surface area (Å²) in [6.07, 6.45) is 9.13. The quantitative estimate of drug-likeness (QED) is 0.121. The predicted octanol–water partition coefficient (Wildman–Crippen LogP) is 6.25. The van der Waals surface area contributed by atoms with Crippen molar-refractivity contribution in [3.63, 3.8) is 0 Å². The first-order valence-electron chi connectivity index (χ1n) is 13.2. The maximum Gasteiger partial charge on any atom is 0.167 e. The van der Waals surface area contributed by atoms with Crippen molar-refractivity contribution >= 4 is 39.7 Å². The van der Waals surface area contributed by atoms with E-state index in [1.165, 1.54) is 24.8 Å². The summed E-state index contributed by atoms with van der Waals surface area (Å²) in [5, 5.41) is 23.3. The van der Waals surface area contributed by atoms with Crippen molar-refractivity contribution in [2.45, 2.75) is 70.8 Å². The Morgan fingerprint density at radius 1 is 1.03 bits per heavy atom. The lowest BCUT2D eigenvalue weighted by molar-refractivity contribution is 0.0979. The molecule has 2 aromatic carbocycles. The van der Waals surface area contributed by atoms with Gasteiger partial charge in [0.2, 0.25) is 0 Å². The fourth-order valence-electron chi connectivity index (χ4n) is 5.13. The Labute approximate surface area is 243 Å². The van der Waals surface area contributed by atoms with Gasteiger partial charge in [0.05, 0.1) is 12.7 Å². The molecule has 2 aromatic rings. The normalized spacial score (nSPS) is 14.4. The highest BCUT2D eigenvalue weighted by molar-refractivity contribution is 8.93. The van der Waals surface area contributed by atoms with Crippen LogP contribution >= 0.6 is 34.0 Å². The van der Waals surface area contributed by atoms with Gasteiger partial charge in [-0.15, -0.1) is 34.0 Å². The monoisotopic (exact) mass is 642 g/mol. The average molecular weight is 644 g/mol. The molecular weight excluding hydrogens is 600 g/mol. The highest BCUT2D eigenvalue weighted by Gasteiger charge is 2.26. The largest absolute Gasteiger partial charge is 0.504 e. The molecule has 0 radical (unpaired) electrons. The van der Waals surface area contributed by atoms with Crippen LogP contribution in [0.25, 0.3) is 0 Å². The van der Waals surface area contributed by atoms with Crippen molar-refractivity contribution in [2.24, 2.45) is 0 Å². The van der Waals surface area contributed by atoms with Crippen LogP contribution in [0.4, 0.5) is 0 Å². The number of hydrogen-bond donors (Lipinski definition) is 3. The van der Waals surface area contributed by atoms with Gasteiger partial charge in [-0.25, -0.2) is 0 Å². The van der Waals surface area contributed by atoms with E-state index in [0.29, 0.717) is 30.3 Å². The second kappa shape index (κ2) is 17.8. The van der Waals surface area contributed by atoms with Crippen LogP contribution in [0, 0.1) is 0 Å². The van der Waals surface area contributed by atoms with Crippen molar-refractivity contribution in [1.29, 1.82) is 0 Å². The predicted molar refractivity (Wildman–Crippen MR) is 161 cm³/mol. The van der Waals surface area contributed by atoms with E-state index in [0.717, 1.165) is 57.3 Å². The van der Waals surface area contributed by atoms with Gasteiger partial charge < -0.3 is 25.2 Å². The number of ether oxygens (including phenoxy) is 1. The summed E-state index contributed by atoms with van der Waals surface area (Å²) in [6, 6.07) is 11.5. The van der Waals surface area contributed by atoms with Gasteiger partial charge in [0, 0.05) is 24.6 Å². The number of carbonyl (C=O) groups is 1. The van der Waals surface area contributed by atoms with Crippen molar-refractivity contribution in [2.75, 3.05) is 33.3 Å². The molecular formula is C29H44Br2N2O4. The number of phenols is 2. The Bertz CT molecular complexity index is 957. The molecule has 1 aliphatic rings. The zero-order chi connectivity index (χ0) is 25.0. The standard InChI is InChI=1S/C29H42N2O4.2BrH/c1-3-19-31(23-13-14-24-22(21-23)12-15-27(33)29(24)34)20-9-5-4-8-17-30-18-16-26(32)25-10-6-7-11-28(25)35-2;;/h6-7,10-12,15,23,30,33-34H,3-5,8-9,13-14,16-21H2,1-2H3;2*1H. The summed E-state index contributed by atoms with van der Waals surface area (Å²) in [4.78, 5) is 15.0. The van der Waals surface area contributed by atoms with Crippen LogP contribution in [0.3, 0.4) is 0 Å². The highest BCUT2D eigenvalue weighted by atomic mass is 79.9. The minimum absolute atomic E-state index is 0. The van der Waals surface area contributed by atoms with Gasteiger partial charge in [0.1, 0.15) is 5.75 Å². The third-order valence-electron chi connectivity index (χ3n) is 7.05. The second-order valence-electron chi connectivity index (χ2n) is 9.54. The SMILES string of the molecule is Br.Br.CCCN(CCCCCCNCCC(=O)c1ccccc1OC)C1CCc2c(ccc(O)c2O)C1. The zero-order valence-corrected chi connectivity index (χ0v) is 25.6. The van der Waals surface area contributed by atoms with E-state index in [1.807, 2.05) is 30.3 Å². The summed E-state index contributed by atoms with van der Waals surface area (Å²) < 4.78 is 5.28. The number of carbonyl (C=O) groups excluding carboxylic acids is 1. The number of para-hydroxylation sites is 1. The van der Waals surface area contributed by atoms with Gasteiger partial charge in [-0.2, -0.15) is 0 Å². The number of fused-ring (bicyclic) bond motifs is 1. The van der Waals surface area contributed by atoms with Gasteiger partial charge >= 0.3 is 0 Å². The van der Waals surface area contributed by atoms with Crippen molar-refractivity contribution < 1.29 is 19.7 Å². The zero-order valence-electron chi connectivity index (χ0n) is 22.2. The van der Waals surface area contributed by atoms with Gasteiger partial charge in [0.15, 0.2) is 17.3 Å². The number of ketones is 1. The molecule has 208 valence electrons. The van der Waals surface area contributed by atoms with Crippen LogP contribution in [0.15, 0.2) is 36.4 Å². The number of nitrogens with zero attached hydrogens (tertiary/aromatic N) is 1. The Kier molecular flexibility index (Phi) is 16.1. The molecule has 3 rings (SSSR count). The molecule has 0 spiro atoms. The van der Waals surface area contributed by atoms with E-state index >= 15 is 0 Å². The van der Waals surface area contributed by atoms with E-state index in [1.54, 1.807) is 13.2 Å². The number of unbranched alkanes of at least 4 members (excludes halogenated alkanes) is 3. The first-order valence-corrected chi connectivity index (χ1v) is 13.2. The van der Waals surface area contributed by atoms with E-state index in [-0.39, 0.29) is 51.2 Å². The summed E-state index contributed by atoms with van der Waals surface area (Å²) in [7, 11) is 1.60. The number of methoxy groups -OCH3 is 1. The highest BCUT2D eigenvalue weighted by Crippen LogP contribution is 2.36. The molecule has 6 nitrogen and oxygen atoms in total. The van der Waals surface area contributed by atoms with Crippen molar-refractivity contribution in [1.82, 2.24) is 10.2 Å². The van der Waals surface area contributed by atoms with E-state index in [4.69, 9.17) is 4.74 Å². The molecule has 3 N–H and O–H groups in total. The molecule has 1 aliphatic carbocycles. The number of nitrogens with one attached hydrogen (secondary N) is 1. The molecule has 0 aliphatic heterocycles. The summed E-state index contributed by atoms with van der Waals surface area (Å²) in [6.45, 7) is 6.08. The fourth-order valence-corrected chi connectivity index (χ4v) is 5.13. The first kappa shape index (κ1) is 33.4. The van der Waals surface area contributed by atoms with E-state index in [9.17, 15) is 15.0 Å². The maximum atomic E-state index is 12.4.